The van der Waals surface area contributed by atoms with Crippen molar-refractivity contribution in [3.05, 3.63) is 70.9 Å². The minimum Gasteiger partial charge on any atom is -0.488 e. The van der Waals surface area contributed by atoms with Gasteiger partial charge in [-0.2, -0.15) is 0 Å². The maximum absolute atomic E-state index is 14.0. The molecule has 8 heteroatoms. The van der Waals surface area contributed by atoms with Crippen molar-refractivity contribution in [2.24, 2.45) is 0 Å². The number of aliphatic hydroxyl groups excluding tert-OH is 1. The molecule has 0 bridgehead atoms. The van der Waals surface area contributed by atoms with Crippen LogP contribution in [0.15, 0.2) is 48.2 Å². The van der Waals surface area contributed by atoms with Gasteiger partial charge >= 0.3 is 0 Å². The van der Waals surface area contributed by atoms with Crippen LogP contribution in [0.5, 0.6) is 5.75 Å². The summed E-state index contributed by atoms with van der Waals surface area (Å²) >= 11 is 0. The second kappa shape index (κ2) is 8.83. The predicted molar refractivity (Wildman–Crippen MR) is 102 cm³/mol. The van der Waals surface area contributed by atoms with E-state index in [1.807, 2.05) is 0 Å². The number of hydrogen-bond acceptors (Lipinski definition) is 4. The van der Waals surface area contributed by atoms with Gasteiger partial charge in [0.25, 0.3) is 5.91 Å². The maximum atomic E-state index is 14.0. The van der Waals surface area contributed by atoms with Crippen molar-refractivity contribution in [2.45, 2.75) is 19.3 Å². The van der Waals surface area contributed by atoms with Crippen LogP contribution in [0.3, 0.4) is 0 Å². The molecule has 152 valence electrons. The first-order chi connectivity index (χ1) is 13.9. The third-order valence-electron chi connectivity index (χ3n) is 4.56. The molecule has 0 saturated carbocycles. The molecule has 1 heterocycles. The van der Waals surface area contributed by atoms with E-state index in [-0.39, 0.29) is 36.9 Å². The first kappa shape index (κ1) is 20.5. The Kier molecular flexibility index (Phi) is 6.23. The molecule has 3 rings (SSSR count). The van der Waals surface area contributed by atoms with Crippen molar-refractivity contribution in [2.75, 3.05) is 18.5 Å². The SMILES string of the molecule is Cc1cc(F)c(OCCO)cc1NC(=O)C1=CNC(=O)C[C@H]1c1ccc(F)cc1. The van der Waals surface area contributed by atoms with E-state index in [4.69, 9.17) is 9.84 Å². The third-order valence-corrected chi connectivity index (χ3v) is 4.56. The number of hydrogen-bond donors (Lipinski definition) is 3. The van der Waals surface area contributed by atoms with E-state index in [1.54, 1.807) is 6.92 Å². The van der Waals surface area contributed by atoms with E-state index in [1.165, 1.54) is 42.6 Å². The van der Waals surface area contributed by atoms with Crippen molar-refractivity contribution in [3.63, 3.8) is 0 Å². The molecule has 1 aliphatic heterocycles. The zero-order valence-corrected chi connectivity index (χ0v) is 15.7. The second-order valence-corrected chi connectivity index (χ2v) is 6.60. The number of nitrogens with one attached hydrogen (secondary N) is 2. The fourth-order valence-corrected chi connectivity index (χ4v) is 3.08. The van der Waals surface area contributed by atoms with Gasteiger partial charge in [-0.05, 0) is 36.2 Å². The highest BCUT2D eigenvalue weighted by atomic mass is 19.1. The normalized spacial score (nSPS) is 16.1. The molecule has 2 aromatic rings. The van der Waals surface area contributed by atoms with Crippen LogP contribution in [0, 0.1) is 18.6 Å². The minimum absolute atomic E-state index is 0.0398. The number of aliphatic hydroxyl groups is 1. The van der Waals surface area contributed by atoms with Gasteiger partial charge in [0, 0.05) is 35.9 Å². The summed E-state index contributed by atoms with van der Waals surface area (Å²) < 4.78 is 32.4. The number of aryl methyl sites for hydroxylation is 1. The van der Waals surface area contributed by atoms with Crippen LogP contribution in [0.1, 0.15) is 23.5 Å². The molecular formula is C21H20F2N2O4. The number of halogens is 2. The smallest absolute Gasteiger partial charge is 0.253 e. The Balaban J connectivity index is 1.86. The molecule has 0 spiro atoms. The summed E-state index contributed by atoms with van der Waals surface area (Å²) in [4.78, 5) is 24.7. The zero-order valence-electron chi connectivity index (χ0n) is 15.7. The zero-order chi connectivity index (χ0) is 21.0. The summed E-state index contributed by atoms with van der Waals surface area (Å²) in [6, 6.07) is 8.16. The Bertz CT molecular complexity index is 958. The van der Waals surface area contributed by atoms with Crippen molar-refractivity contribution in [1.29, 1.82) is 0 Å². The number of carbonyl (C=O) groups is 2. The van der Waals surface area contributed by atoms with Crippen LogP contribution in [0.4, 0.5) is 14.5 Å². The van der Waals surface area contributed by atoms with Crippen molar-refractivity contribution in [1.82, 2.24) is 5.32 Å². The monoisotopic (exact) mass is 402 g/mol. The summed E-state index contributed by atoms with van der Waals surface area (Å²) in [5, 5.41) is 14.1. The van der Waals surface area contributed by atoms with E-state index in [0.717, 1.165) is 0 Å². The van der Waals surface area contributed by atoms with Gasteiger partial charge < -0.3 is 20.5 Å². The van der Waals surface area contributed by atoms with Crippen molar-refractivity contribution in [3.8, 4) is 5.75 Å². The molecule has 1 aliphatic rings. The summed E-state index contributed by atoms with van der Waals surface area (Å²) in [7, 11) is 0. The largest absolute Gasteiger partial charge is 0.488 e. The number of benzene rings is 2. The lowest BCUT2D eigenvalue weighted by atomic mass is 9.86. The van der Waals surface area contributed by atoms with Gasteiger partial charge in [-0.3, -0.25) is 9.59 Å². The highest BCUT2D eigenvalue weighted by molar-refractivity contribution is 6.06. The van der Waals surface area contributed by atoms with E-state index in [0.29, 0.717) is 16.8 Å². The predicted octanol–water partition coefficient (Wildman–Crippen LogP) is 2.77. The molecule has 6 nitrogen and oxygen atoms in total. The highest BCUT2D eigenvalue weighted by Gasteiger charge is 2.29. The molecule has 29 heavy (non-hydrogen) atoms. The lowest BCUT2D eigenvalue weighted by molar-refractivity contribution is -0.121. The van der Waals surface area contributed by atoms with Crippen LogP contribution < -0.4 is 15.4 Å². The number of carbonyl (C=O) groups excluding carboxylic acids is 2. The molecule has 0 aromatic heterocycles. The van der Waals surface area contributed by atoms with E-state index in [9.17, 15) is 18.4 Å². The van der Waals surface area contributed by atoms with Gasteiger partial charge in [-0.15, -0.1) is 0 Å². The average Bonchev–Trinajstić information content (AvgIpc) is 2.69. The quantitative estimate of drug-likeness (QED) is 0.693. The van der Waals surface area contributed by atoms with Gasteiger partial charge in [-0.25, -0.2) is 8.78 Å². The molecule has 3 N–H and O–H groups in total. The van der Waals surface area contributed by atoms with Crippen LogP contribution in [0.2, 0.25) is 0 Å². The Morgan fingerprint density at radius 2 is 2.00 bits per heavy atom. The summed E-state index contributed by atoms with van der Waals surface area (Å²) in [6.45, 7) is 1.27. The molecule has 0 unspecified atom stereocenters. The average molecular weight is 402 g/mol. The van der Waals surface area contributed by atoms with Crippen molar-refractivity contribution >= 4 is 17.5 Å². The fraction of sp³-hybridized carbons (Fsp3) is 0.238. The molecule has 0 aliphatic carbocycles. The summed E-state index contributed by atoms with van der Waals surface area (Å²) in [6.07, 6.45) is 1.37. The van der Waals surface area contributed by atoms with Gasteiger partial charge in [0.1, 0.15) is 12.4 Å². The van der Waals surface area contributed by atoms with Crippen LogP contribution in [0.25, 0.3) is 0 Å². The first-order valence-corrected chi connectivity index (χ1v) is 8.99. The fourth-order valence-electron chi connectivity index (χ4n) is 3.08. The van der Waals surface area contributed by atoms with Gasteiger partial charge in [0.2, 0.25) is 5.91 Å². The summed E-state index contributed by atoms with van der Waals surface area (Å²) in [5.41, 5.74) is 1.73. The third kappa shape index (κ3) is 4.78. The van der Waals surface area contributed by atoms with Crippen LogP contribution >= 0.6 is 0 Å². The summed E-state index contributed by atoms with van der Waals surface area (Å²) in [5.74, 6) is -2.41. The van der Waals surface area contributed by atoms with E-state index in [2.05, 4.69) is 10.6 Å². The van der Waals surface area contributed by atoms with E-state index < -0.39 is 23.5 Å². The highest BCUT2D eigenvalue weighted by Crippen LogP contribution is 2.32. The van der Waals surface area contributed by atoms with Gasteiger partial charge in [0.05, 0.1) is 6.61 Å². The molecule has 0 fully saturated rings. The Hall–Kier alpha value is -3.26. The lowest BCUT2D eigenvalue weighted by Crippen LogP contribution is -2.32. The standard InChI is InChI=1S/C21H20F2N2O4/c1-12-8-17(23)19(29-7-6-26)10-18(12)25-21(28)16-11-24-20(27)9-15(16)13-2-4-14(22)5-3-13/h2-5,8,10-11,15,26H,6-7,9H2,1H3,(H,24,27)(H,25,28)/t15-/m0/s1. The second-order valence-electron chi connectivity index (χ2n) is 6.60. The number of rotatable bonds is 6. The molecule has 0 radical (unpaired) electrons. The molecule has 2 amide bonds. The Morgan fingerprint density at radius 1 is 1.28 bits per heavy atom. The van der Waals surface area contributed by atoms with Crippen LogP contribution in [-0.4, -0.2) is 30.1 Å². The molecule has 2 aromatic carbocycles. The van der Waals surface area contributed by atoms with E-state index >= 15 is 0 Å². The lowest BCUT2D eigenvalue weighted by Gasteiger charge is -2.24. The number of amides is 2. The minimum atomic E-state index is -0.609. The molecule has 0 saturated heterocycles. The topological polar surface area (TPSA) is 87.7 Å². The maximum Gasteiger partial charge on any atom is 0.253 e. The molecular weight excluding hydrogens is 382 g/mol. The Morgan fingerprint density at radius 3 is 2.69 bits per heavy atom. The number of anilines is 1. The molecule has 1 atom stereocenters. The van der Waals surface area contributed by atoms with Gasteiger partial charge in [-0.1, -0.05) is 12.1 Å². The van der Waals surface area contributed by atoms with Crippen LogP contribution in [-0.2, 0) is 9.59 Å². The van der Waals surface area contributed by atoms with Crippen molar-refractivity contribution < 1.29 is 28.2 Å². The Labute approximate surface area is 166 Å². The van der Waals surface area contributed by atoms with Gasteiger partial charge in [0.15, 0.2) is 11.6 Å². The number of ether oxygens (including phenoxy) is 1. The first-order valence-electron chi connectivity index (χ1n) is 8.99.